The van der Waals surface area contributed by atoms with Gasteiger partial charge in [-0.05, 0) is 35.9 Å². The van der Waals surface area contributed by atoms with Crippen LogP contribution in [0, 0.1) is 0 Å². The van der Waals surface area contributed by atoms with E-state index in [-0.39, 0.29) is 11.8 Å². The third-order valence-corrected chi connectivity index (χ3v) is 4.57. The van der Waals surface area contributed by atoms with Crippen molar-refractivity contribution in [2.45, 2.75) is 6.42 Å². The average molecular weight is 378 g/mol. The van der Waals surface area contributed by atoms with Crippen LogP contribution in [0.4, 0.5) is 0 Å². The molecule has 7 heteroatoms. The Kier molecular flexibility index (Phi) is 5.56. The Balaban J connectivity index is 1.58. The van der Waals surface area contributed by atoms with Crippen LogP contribution in [0.2, 0.25) is 10.0 Å². The summed E-state index contributed by atoms with van der Waals surface area (Å²) in [7, 11) is 0. The molecule has 0 N–H and O–H groups in total. The first-order chi connectivity index (χ1) is 12.0. The van der Waals surface area contributed by atoms with Crippen LogP contribution in [-0.4, -0.2) is 52.8 Å². The lowest BCUT2D eigenvalue weighted by Crippen LogP contribution is -2.51. The molecule has 2 aromatic rings. The number of benzene rings is 1. The number of rotatable bonds is 3. The van der Waals surface area contributed by atoms with Gasteiger partial charge in [-0.3, -0.25) is 14.6 Å². The molecule has 1 aliphatic rings. The van der Waals surface area contributed by atoms with E-state index in [9.17, 15) is 9.59 Å². The van der Waals surface area contributed by atoms with Crippen molar-refractivity contribution in [1.82, 2.24) is 14.8 Å². The van der Waals surface area contributed by atoms with E-state index in [0.29, 0.717) is 48.2 Å². The maximum Gasteiger partial charge on any atom is 0.254 e. The summed E-state index contributed by atoms with van der Waals surface area (Å²) >= 11 is 11.9. The highest BCUT2D eigenvalue weighted by atomic mass is 35.5. The molecule has 130 valence electrons. The van der Waals surface area contributed by atoms with Gasteiger partial charge in [0.05, 0.1) is 6.42 Å². The second kappa shape index (κ2) is 7.85. The Morgan fingerprint density at radius 1 is 0.920 bits per heavy atom. The zero-order valence-corrected chi connectivity index (χ0v) is 15.0. The minimum atomic E-state index is -0.120. The number of piperazine rings is 1. The smallest absolute Gasteiger partial charge is 0.254 e. The van der Waals surface area contributed by atoms with Crippen LogP contribution in [0.1, 0.15) is 15.9 Å². The van der Waals surface area contributed by atoms with Crippen LogP contribution in [0.25, 0.3) is 0 Å². The number of hydrogen-bond acceptors (Lipinski definition) is 3. The standard InChI is InChI=1S/C18H17Cl2N3O2/c19-15-10-14(11-16(20)12-15)18(25)23-7-5-22(6-8-23)17(24)9-13-1-3-21-4-2-13/h1-4,10-12H,5-9H2. The fraction of sp³-hybridized carbons (Fsp3) is 0.278. The molecule has 5 nitrogen and oxygen atoms in total. The number of nitrogens with zero attached hydrogens (tertiary/aromatic N) is 3. The van der Waals surface area contributed by atoms with Crippen LogP contribution in [-0.2, 0) is 11.2 Å². The van der Waals surface area contributed by atoms with Gasteiger partial charge in [-0.15, -0.1) is 0 Å². The van der Waals surface area contributed by atoms with Crippen molar-refractivity contribution in [3.8, 4) is 0 Å². The second-order valence-corrected chi connectivity index (χ2v) is 6.74. The highest BCUT2D eigenvalue weighted by molar-refractivity contribution is 6.35. The molecule has 25 heavy (non-hydrogen) atoms. The monoisotopic (exact) mass is 377 g/mol. The van der Waals surface area contributed by atoms with E-state index >= 15 is 0 Å². The molecule has 0 saturated carbocycles. The van der Waals surface area contributed by atoms with Gasteiger partial charge in [0, 0.05) is 54.2 Å². The zero-order valence-electron chi connectivity index (χ0n) is 13.5. The van der Waals surface area contributed by atoms with Crippen LogP contribution >= 0.6 is 23.2 Å². The summed E-state index contributed by atoms with van der Waals surface area (Å²) in [6, 6.07) is 8.48. The average Bonchev–Trinajstić information content (AvgIpc) is 2.61. The quantitative estimate of drug-likeness (QED) is 0.826. The zero-order chi connectivity index (χ0) is 17.8. The number of carbonyl (C=O) groups is 2. The Morgan fingerprint density at radius 3 is 2.08 bits per heavy atom. The first-order valence-corrected chi connectivity index (χ1v) is 8.70. The fourth-order valence-electron chi connectivity index (χ4n) is 2.81. The van der Waals surface area contributed by atoms with Gasteiger partial charge in [-0.25, -0.2) is 0 Å². The van der Waals surface area contributed by atoms with Gasteiger partial charge in [0.25, 0.3) is 5.91 Å². The van der Waals surface area contributed by atoms with E-state index in [1.54, 1.807) is 40.4 Å². The molecule has 3 rings (SSSR count). The third kappa shape index (κ3) is 4.50. The Hall–Kier alpha value is -2.11. The van der Waals surface area contributed by atoms with Gasteiger partial charge in [0.1, 0.15) is 0 Å². The van der Waals surface area contributed by atoms with E-state index in [1.165, 1.54) is 0 Å². The third-order valence-electron chi connectivity index (χ3n) is 4.13. The molecule has 1 aromatic heterocycles. The second-order valence-electron chi connectivity index (χ2n) is 5.86. The van der Waals surface area contributed by atoms with E-state index in [0.717, 1.165) is 5.56 Å². The van der Waals surface area contributed by atoms with Crippen molar-refractivity contribution in [1.29, 1.82) is 0 Å². The van der Waals surface area contributed by atoms with Crippen LogP contribution in [0.15, 0.2) is 42.7 Å². The largest absolute Gasteiger partial charge is 0.339 e. The number of pyridine rings is 1. The highest BCUT2D eigenvalue weighted by Gasteiger charge is 2.25. The predicted molar refractivity (Wildman–Crippen MR) is 96.9 cm³/mol. The molecule has 0 radical (unpaired) electrons. The minimum absolute atomic E-state index is 0.0594. The summed E-state index contributed by atoms with van der Waals surface area (Å²) in [6.07, 6.45) is 3.70. The molecule has 1 fully saturated rings. The van der Waals surface area contributed by atoms with Crippen molar-refractivity contribution >= 4 is 35.0 Å². The molecule has 2 heterocycles. The Bertz CT molecular complexity index is 755. The summed E-state index contributed by atoms with van der Waals surface area (Å²) < 4.78 is 0. The fourth-order valence-corrected chi connectivity index (χ4v) is 3.33. The maximum atomic E-state index is 12.6. The molecule has 0 spiro atoms. The lowest BCUT2D eigenvalue weighted by atomic mass is 10.1. The molecular weight excluding hydrogens is 361 g/mol. The number of aromatic nitrogens is 1. The summed E-state index contributed by atoms with van der Waals surface area (Å²) in [4.78, 5) is 32.4. The van der Waals surface area contributed by atoms with Crippen LogP contribution in [0.3, 0.4) is 0 Å². The van der Waals surface area contributed by atoms with E-state index in [4.69, 9.17) is 23.2 Å². The minimum Gasteiger partial charge on any atom is -0.339 e. The lowest BCUT2D eigenvalue weighted by molar-refractivity contribution is -0.131. The summed E-state index contributed by atoms with van der Waals surface area (Å²) in [5.74, 6) is -0.0604. The molecule has 1 aliphatic heterocycles. The number of amides is 2. The van der Waals surface area contributed by atoms with Gasteiger partial charge >= 0.3 is 0 Å². The molecule has 2 amide bonds. The van der Waals surface area contributed by atoms with Gasteiger partial charge in [-0.1, -0.05) is 23.2 Å². The Morgan fingerprint density at radius 2 is 1.48 bits per heavy atom. The highest BCUT2D eigenvalue weighted by Crippen LogP contribution is 2.20. The number of hydrogen-bond donors (Lipinski definition) is 0. The molecule has 1 saturated heterocycles. The summed E-state index contributed by atoms with van der Waals surface area (Å²) in [5.41, 5.74) is 1.40. The SMILES string of the molecule is O=C(Cc1ccncc1)N1CCN(C(=O)c2cc(Cl)cc(Cl)c2)CC1. The van der Waals surface area contributed by atoms with Crippen molar-refractivity contribution in [3.63, 3.8) is 0 Å². The van der Waals surface area contributed by atoms with Crippen molar-refractivity contribution in [3.05, 3.63) is 63.9 Å². The van der Waals surface area contributed by atoms with E-state index in [1.807, 2.05) is 12.1 Å². The number of carbonyl (C=O) groups excluding carboxylic acids is 2. The Labute approximate surface area is 156 Å². The molecule has 0 aliphatic carbocycles. The molecule has 0 bridgehead atoms. The van der Waals surface area contributed by atoms with Gasteiger partial charge in [0.2, 0.25) is 5.91 Å². The normalized spacial score (nSPS) is 14.5. The maximum absolute atomic E-state index is 12.6. The first kappa shape index (κ1) is 17.7. The topological polar surface area (TPSA) is 53.5 Å². The van der Waals surface area contributed by atoms with Crippen molar-refractivity contribution in [2.24, 2.45) is 0 Å². The van der Waals surface area contributed by atoms with Crippen LogP contribution in [0.5, 0.6) is 0 Å². The van der Waals surface area contributed by atoms with Gasteiger partial charge in [-0.2, -0.15) is 0 Å². The molecule has 0 unspecified atom stereocenters. The van der Waals surface area contributed by atoms with E-state index < -0.39 is 0 Å². The van der Waals surface area contributed by atoms with Gasteiger partial charge in [0.15, 0.2) is 0 Å². The van der Waals surface area contributed by atoms with Gasteiger partial charge < -0.3 is 9.80 Å². The van der Waals surface area contributed by atoms with E-state index in [2.05, 4.69) is 4.98 Å². The predicted octanol–water partition coefficient (Wildman–Crippen LogP) is 2.92. The molecule has 0 atom stereocenters. The summed E-state index contributed by atoms with van der Waals surface area (Å²) in [5, 5.41) is 0.865. The molecule has 1 aromatic carbocycles. The first-order valence-electron chi connectivity index (χ1n) is 7.95. The van der Waals surface area contributed by atoms with Crippen LogP contribution < -0.4 is 0 Å². The molecular formula is C18H17Cl2N3O2. The van der Waals surface area contributed by atoms with Crippen molar-refractivity contribution in [2.75, 3.05) is 26.2 Å². The lowest BCUT2D eigenvalue weighted by Gasteiger charge is -2.35. The number of halogens is 2. The van der Waals surface area contributed by atoms with Crippen molar-refractivity contribution < 1.29 is 9.59 Å². The summed E-state index contributed by atoms with van der Waals surface area (Å²) in [6.45, 7) is 2.02.